The first kappa shape index (κ1) is 28.1. The van der Waals surface area contributed by atoms with Crippen LogP contribution in [-0.4, -0.2) is 60.6 Å². The fourth-order valence-corrected chi connectivity index (χ4v) is 6.30. The normalized spacial score (nSPS) is 36.2. The van der Waals surface area contributed by atoms with E-state index in [1.807, 2.05) is 0 Å². The number of pyridine rings is 1. The van der Waals surface area contributed by atoms with Crippen LogP contribution >= 0.6 is 0 Å². The smallest absolute Gasteiger partial charge is 0.259 e. The first-order valence-electron chi connectivity index (χ1n) is 13.2. The van der Waals surface area contributed by atoms with Crippen LogP contribution in [0.2, 0.25) is 0 Å². The predicted molar refractivity (Wildman–Crippen MR) is 133 cm³/mol. The monoisotopic (exact) mass is 495 g/mol. The molecule has 11 atom stereocenters. The molecular weight excluding hydrogens is 450 g/mol. The van der Waals surface area contributed by atoms with Gasteiger partial charge in [-0.2, -0.15) is 0 Å². The van der Waals surface area contributed by atoms with Gasteiger partial charge >= 0.3 is 0 Å². The molecule has 0 radical (unpaired) electrons. The molecule has 3 unspecified atom stereocenters. The molecule has 8 nitrogen and oxygen atoms in total. The number of aliphatic hydroxyl groups is 4. The van der Waals surface area contributed by atoms with Gasteiger partial charge < -0.3 is 34.8 Å². The van der Waals surface area contributed by atoms with E-state index < -0.39 is 42.0 Å². The molecule has 1 aliphatic heterocycles. The third-order valence-electron chi connectivity index (χ3n) is 8.48. The molecule has 0 aromatic carbocycles. The van der Waals surface area contributed by atoms with E-state index in [-0.39, 0.29) is 28.9 Å². The Morgan fingerprint density at radius 2 is 1.60 bits per heavy atom. The summed E-state index contributed by atoms with van der Waals surface area (Å²) in [6.45, 7) is 11.1. The number of aromatic nitrogens is 1. The lowest BCUT2D eigenvalue weighted by molar-refractivity contribution is -0.109. The van der Waals surface area contributed by atoms with Gasteiger partial charge in [0.1, 0.15) is 18.0 Å². The van der Waals surface area contributed by atoms with Gasteiger partial charge in [-0.15, -0.1) is 0 Å². The number of aryl methyl sites for hydroxylation is 1. The first-order valence-corrected chi connectivity index (χ1v) is 13.2. The standard InChI is InChI=1S/C27H45NO7/c1-7-13(2)10-14(3)11-16(5)26-15(4)8-9-18(35-26)20-21(29)17(12-28(6)27(20)34)19-22(30)24(32)25(33)23(19)31/h12-16,18-19,22-26,29-33H,7-11H2,1-6H3/t13-,14+,15?,16?,18-,19?,22-,23+,24-,25+,26+/m1/s1. The molecule has 1 aromatic rings. The van der Waals surface area contributed by atoms with Crippen LogP contribution in [0.3, 0.4) is 0 Å². The molecule has 1 saturated heterocycles. The van der Waals surface area contributed by atoms with Crippen LogP contribution in [0.4, 0.5) is 0 Å². The fraction of sp³-hybridized carbons (Fsp3) is 0.815. The van der Waals surface area contributed by atoms with Crippen LogP contribution in [-0.2, 0) is 11.8 Å². The largest absolute Gasteiger partial charge is 0.507 e. The van der Waals surface area contributed by atoms with Crippen molar-refractivity contribution in [1.82, 2.24) is 4.57 Å². The highest BCUT2D eigenvalue weighted by Crippen LogP contribution is 2.45. The lowest BCUT2D eigenvalue weighted by Crippen LogP contribution is -2.38. The Hall–Kier alpha value is -1.45. The third kappa shape index (κ3) is 5.62. The van der Waals surface area contributed by atoms with E-state index >= 15 is 0 Å². The molecule has 1 aliphatic carbocycles. The summed E-state index contributed by atoms with van der Waals surface area (Å²) in [4.78, 5) is 13.1. The molecule has 0 spiro atoms. The van der Waals surface area contributed by atoms with Crippen molar-refractivity contribution in [2.75, 3.05) is 0 Å². The van der Waals surface area contributed by atoms with Crippen molar-refractivity contribution >= 4 is 0 Å². The van der Waals surface area contributed by atoms with Gasteiger partial charge in [-0.05, 0) is 49.4 Å². The van der Waals surface area contributed by atoms with Gasteiger partial charge in [-0.25, -0.2) is 0 Å². The van der Waals surface area contributed by atoms with Gasteiger partial charge in [-0.1, -0.05) is 41.0 Å². The molecular formula is C27H45NO7. The topological polar surface area (TPSA) is 132 Å². The highest BCUT2D eigenvalue weighted by Gasteiger charge is 2.50. The average Bonchev–Trinajstić information content (AvgIpc) is 2.99. The lowest BCUT2D eigenvalue weighted by atomic mass is 9.79. The third-order valence-corrected chi connectivity index (χ3v) is 8.48. The zero-order chi connectivity index (χ0) is 26.2. The Labute approximate surface area is 208 Å². The number of hydrogen-bond donors (Lipinski definition) is 5. The van der Waals surface area contributed by atoms with Gasteiger partial charge in [0.25, 0.3) is 5.56 Å². The van der Waals surface area contributed by atoms with Gasteiger partial charge in [-0.3, -0.25) is 4.79 Å². The quantitative estimate of drug-likeness (QED) is 0.374. The molecule has 0 amide bonds. The molecule has 1 saturated carbocycles. The molecule has 2 fully saturated rings. The second kappa shape index (κ2) is 11.3. The number of ether oxygens (including phenoxy) is 1. The maximum Gasteiger partial charge on any atom is 0.259 e. The summed E-state index contributed by atoms with van der Waals surface area (Å²) in [6.07, 6.45) is -0.635. The summed E-state index contributed by atoms with van der Waals surface area (Å²) in [7, 11) is 1.54. The second-order valence-electron chi connectivity index (χ2n) is 11.5. The first-order chi connectivity index (χ1) is 16.4. The average molecular weight is 496 g/mol. The SMILES string of the molecule is CC[C@@H](C)C[C@H](C)CC(C)[C@H]1O[C@@H](c2c(O)c(C3[C@@H](O)[C@@H](O)[C@@H](O)[C@H]3O)cn(C)c2=O)CCC1C. The van der Waals surface area contributed by atoms with E-state index in [0.717, 1.165) is 19.3 Å². The number of rotatable bonds is 8. The Morgan fingerprint density at radius 3 is 2.17 bits per heavy atom. The summed E-state index contributed by atoms with van der Waals surface area (Å²) < 4.78 is 7.81. The zero-order valence-electron chi connectivity index (χ0n) is 22.0. The fourth-order valence-electron chi connectivity index (χ4n) is 6.30. The van der Waals surface area contributed by atoms with Crippen LogP contribution in [0.15, 0.2) is 11.0 Å². The van der Waals surface area contributed by atoms with E-state index in [2.05, 4.69) is 34.6 Å². The molecule has 35 heavy (non-hydrogen) atoms. The van der Waals surface area contributed by atoms with Crippen molar-refractivity contribution in [2.45, 2.75) is 109 Å². The minimum Gasteiger partial charge on any atom is -0.507 e. The lowest BCUT2D eigenvalue weighted by Gasteiger charge is -2.39. The van der Waals surface area contributed by atoms with Crippen molar-refractivity contribution in [2.24, 2.45) is 30.7 Å². The minimum atomic E-state index is -1.55. The summed E-state index contributed by atoms with van der Waals surface area (Å²) >= 11 is 0. The number of hydrogen-bond acceptors (Lipinski definition) is 7. The highest BCUT2D eigenvalue weighted by atomic mass is 16.5. The van der Waals surface area contributed by atoms with E-state index in [0.29, 0.717) is 24.2 Å². The van der Waals surface area contributed by atoms with Crippen molar-refractivity contribution in [1.29, 1.82) is 0 Å². The summed E-state index contributed by atoms with van der Waals surface area (Å²) in [5.41, 5.74) is -0.172. The summed E-state index contributed by atoms with van der Waals surface area (Å²) in [5, 5.41) is 52.2. The van der Waals surface area contributed by atoms with E-state index in [9.17, 15) is 30.3 Å². The minimum absolute atomic E-state index is 0.0628. The molecule has 8 heteroatoms. The van der Waals surface area contributed by atoms with Crippen LogP contribution in [0, 0.1) is 23.7 Å². The highest BCUT2D eigenvalue weighted by molar-refractivity contribution is 5.44. The van der Waals surface area contributed by atoms with Crippen LogP contribution in [0.1, 0.15) is 89.9 Å². The molecule has 200 valence electrons. The van der Waals surface area contributed by atoms with Gasteiger partial charge in [0, 0.05) is 24.7 Å². The number of aromatic hydroxyl groups is 1. The van der Waals surface area contributed by atoms with Crippen molar-refractivity contribution in [3.8, 4) is 5.75 Å². The molecule has 1 aromatic heterocycles. The van der Waals surface area contributed by atoms with Gasteiger partial charge in [0.2, 0.25) is 0 Å². The van der Waals surface area contributed by atoms with Gasteiger partial charge in [0.15, 0.2) is 0 Å². The van der Waals surface area contributed by atoms with Crippen molar-refractivity contribution in [3.63, 3.8) is 0 Å². The van der Waals surface area contributed by atoms with Crippen LogP contribution < -0.4 is 5.56 Å². The van der Waals surface area contributed by atoms with Gasteiger partial charge in [0.05, 0.1) is 30.0 Å². The Kier molecular flexibility index (Phi) is 9.08. The summed E-state index contributed by atoms with van der Waals surface area (Å²) in [6, 6.07) is 0. The van der Waals surface area contributed by atoms with E-state index in [1.165, 1.54) is 24.2 Å². The Bertz CT molecular complexity index is 904. The maximum absolute atomic E-state index is 13.1. The van der Waals surface area contributed by atoms with Crippen LogP contribution in [0.5, 0.6) is 5.75 Å². The van der Waals surface area contributed by atoms with E-state index in [1.54, 1.807) is 0 Å². The Morgan fingerprint density at radius 1 is 1.00 bits per heavy atom. The maximum atomic E-state index is 13.1. The predicted octanol–water partition coefficient (Wildman–Crippen LogP) is 2.59. The molecule has 2 aliphatic rings. The second-order valence-corrected chi connectivity index (χ2v) is 11.5. The van der Waals surface area contributed by atoms with Crippen molar-refractivity contribution < 1.29 is 30.3 Å². The summed E-state index contributed by atoms with van der Waals surface area (Å²) in [5.74, 6) is 0.359. The zero-order valence-corrected chi connectivity index (χ0v) is 22.0. The van der Waals surface area contributed by atoms with E-state index in [4.69, 9.17) is 4.74 Å². The molecule has 5 N–H and O–H groups in total. The molecule has 0 bridgehead atoms. The van der Waals surface area contributed by atoms with Crippen LogP contribution in [0.25, 0.3) is 0 Å². The number of nitrogens with zero attached hydrogens (tertiary/aromatic N) is 1. The molecule has 2 heterocycles. The molecule has 3 rings (SSSR count). The van der Waals surface area contributed by atoms with Crippen molar-refractivity contribution in [3.05, 3.63) is 27.7 Å². The Balaban J connectivity index is 1.88. The number of aliphatic hydroxyl groups excluding tert-OH is 4.